The first-order chi connectivity index (χ1) is 12.1. The van der Waals surface area contributed by atoms with E-state index in [-0.39, 0.29) is 18.1 Å². The molecule has 4 fully saturated rings. The minimum absolute atomic E-state index is 0.142. The molecule has 0 aromatic rings. The number of epoxide rings is 2. The molecule has 2 saturated heterocycles. The van der Waals surface area contributed by atoms with Crippen LogP contribution in [0, 0.1) is 11.8 Å². The number of fused-ring (bicyclic) bond motifs is 2. The van der Waals surface area contributed by atoms with Crippen LogP contribution in [0.2, 0.25) is 0 Å². The molecule has 0 amide bonds. The van der Waals surface area contributed by atoms with E-state index in [9.17, 15) is 14.4 Å². The highest BCUT2D eigenvalue weighted by Gasteiger charge is 2.46. The summed E-state index contributed by atoms with van der Waals surface area (Å²) in [5.74, 6) is -1.97. The maximum Gasteiger partial charge on any atom is 0.338 e. The van der Waals surface area contributed by atoms with E-state index in [4.69, 9.17) is 18.9 Å². The van der Waals surface area contributed by atoms with Crippen molar-refractivity contribution in [1.82, 2.24) is 0 Å². The van der Waals surface area contributed by atoms with Crippen molar-refractivity contribution in [2.45, 2.75) is 62.9 Å². The minimum Gasteiger partial charge on any atom is -0.462 e. The van der Waals surface area contributed by atoms with Crippen LogP contribution >= 0.6 is 0 Å². The Morgan fingerprint density at radius 1 is 0.840 bits per heavy atom. The summed E-state index contributed by atoms with van der Waals surface area (Å²) in [6.07, 6.45) is 8.18. The molecule has 0 bridgehead atoms. The molecule has 2 saturated carbocycles. The van der Waals surface area contributed by atoms with Crippen LogP contribution in [0.25, 0.3) is 0 Å². The Morgan fingerprint density at radius 2 is 1.52 bits per heavy atom. The van der Waals surface area contributed by atoms with E-state index in [0.29, 0.717) is 37.6 Å². The molecule has 25 heavy (non-hydrogen) atoms. The molecule has 136 valence electrons. The summed E-state index contributed by atoms with van der Waals surface area (Å²) in [7, 11) is 0. The Morgan fingerprint density at radius 3 is 2.24 bits per heavy atom. The molecule has 6 atom stereocenters. The largest absolute Gasteiger partial charge is 0.462 e. The number of esters is 3. The van der Waals surface area contributed by atoms with E-state index in [1.807, 2.05) is 0 Å². The van der Waals surface area contributed by atoms with Crippen LogP contribution in [-0.2, 0) is 33.3 Å². The third-order valence-corrected chi connectivity index (χ3v) is 5.47. The molecule has 2 aliphatic heterocycles. The Bertz CT molecular complexity index is 598. The van der Waals surface area contributed by atoms with Gasteiger partial charge in [0.25, 0.3) is 0 Å². The summed E-state index contributed by atoms with van der Waals surface area (Å²) < 4.78 is 20.7. The summed E-state index contributed by atoms with van der Waals surface area (Å²) in [5, 5.41) is 0. The van der Waals surface area contributed by atoms with Gasteiger partial charge in [0.2, 0.25) is 0 Å². The molecule has 4 aliphatic rings. The van der Waals surface area contributed by atoms with Crippen LogP contribution in [0.15, 0.2) is 12.2 Å². The molecule has 0 N–H and O–H groups in total. The van der Waals surface area contributed by atoms with Gasteiger partial charge in [-0.25, -0.2) is 9.59 Å². The van der Waals surface area contributed by atoms with Crippen molar-refractivity contribution in [3.8, 4) is 0 Å². The Labute approximate surface area is 145 Å². The van der Waals surface area contributed by atoms with Crippen molar-refractivity contribution >= 4 is 17.9 Å². The summed E-state index contributed by atoms with van der Waals surface area (Å²) in [6.45, 7) is 0.328. The Balaban J connectivity index is 1.15. The lowest BCUT2D eigenvalue weighted by Gasteiger charge is -2.17. The molecular formula is C18H22O7. The topological polar surface area (TPSA) is 94.7 Å². The van der Waals surface area contributed by atoms with E-state index in [1.165, 1.54) is 0 Å². The third kappa shape index (κ3) is 4.27. The summed E-state index contributed by atoms with van der Waals surface area (Å²) in [6, 6.07) is 0. The first-order valence-corrected chi connectivity index (χ1v) is 9.00. The average Bonchev–Trinajstić information content (AvgIpc) is 3.50. The van der Waals surface area contributed by atoms with Gasteiger partial charge in [-0.1, -0.05) is 0 Å². The number of carbonyl (C=O) groups is 3. The summed E-state index contributed by atoms with van der Waals surface area (Å²) in [4.78, 5) is 35.3. The molecule has 7 heteroatoms. The van der Waals surface area contributed by atoms with Crippen LogP contribution < -0.4 is 0 Å². The van der Waals surface area contributed by atoms with Gasteiger partial charge in [-0.3, -0.25) is 4.79 Å². The second-order valence-corrected chi connectivity index (χ2v) is 7.32. The fourth-order valence-electron chi connectivity index (χ4n) is 3.86. The van der Waals surface area contributed by atoms with Crippen LogP contribution in [0.1, 0.15) is 38.5 Å². The second-order valence-electron chi connectivity index (χ2n) is 7.32. The van der Waals surface area contributed by atoms with Gasteiger partial charge in [0.1, 0.15) is 0 Å². The number of ether oxygens (including phenoxy) is 4. The SMILES string of the molecule is O=C(C=CC(=O)OC(=O)C1CCC2OC2C1)OCC1CCC2OC2C1. The first kappa shape index (κ1) is 16.7. The van der Waals surface area contributed by atoms with Crippen molar-refractivity contribution in [3.63, 3.8) is 0 Å². The third-order valence-electron chi connectivity index (χ3n) is 5.47. The molecule has 0 radical (unpaired) electrons. The quantitative estimate of drug-likeness (QED) is 0.319. The fourth-order valence-corrected chi connectivity index (χ4v) is 3.86. The molecular weight excluding hydrogens is 328 g/mol. The maximum absolute atomic E-state index is 11.9. The van der Waals surface area contributed by atoms with Crippen molar-refractivity contribution in [2.75, 3.05) is 6.61 Å². The molecule has 0 aromatic carbocycles. The number of hydrogen-bond donors (Lipinski definition) is 0. The van der Waals surface area contributed by atoms with E-state index >= 15 is 0 Å². The molecule has 2 heterocycles. The maximum atomic E-state index is 11.9. The monoisotopic (exact) mass is 350 g/mol. The lowest BCUT2D eigenvalue weighted by Crippen LogP contribution is -2.25. The second kappa shape index (κ2) is 6.88. The highest BCUT2D eigenvalue weighted by molar-refractivity contribution is 5.96. The highest BCUT2D eigenvalue weighted by Crippen LogP contribution is 2.40. The lowest BCUT2D eigenvalue weighted by molar-refractivity contribution is -0.160. The van der Waals surface area contributed by atoms with Crippen molar-refractivity contribution in [1.29, 1.82) is 0 Å². The zero-order chi connectivity index (χ0) is 17.4. The Hall–Kier alpha value is -1.73. The zero-order valence-electron chi connectivity index (χ0n) is 13.9. The molecule has 4 rings (SSSR count). The van der Waals surface area contributed by atoms with Gasteiger partial charge in [0, 0.05) is 12.2 Å². The van der Waals surface area contributed by atoms with E-state index in [2.05, 4.69) is 0 Å². The van der Waals surface area contributed by atoms with Gasteiger partial charge < -0.3 is 18.9 Å². The number of rotatable bonds is 5. The normalized spacial score (nSPS) is 38.4. The summed E-state index contributed by atoms with van der Waals surface area (Å²) in [5.41, 5.74) is 0. The first-order valence-electron chi connectivity index (χ1n) is 9.00. The number of carbonyl (C=O) groups excluding carboxylic acids is 3. The van der Waals surface area contributed by atoms with Gasteiger partial charge in [0.05, 0.1) is 36.9 Å². The fraction of sp³-hybridized carbons (Fsp3) is 0.722. The van der Waals surface area contributed by atoms with Crippen molar-refractivity contribution < 1.29 is 33.3 Å². The Kier molecular flexibility index (Phi) is 4.60. The molecule has 2 aliphatic carbocycles. The van der Waals surface area contributed by atoms with Gasteiger partial charge in [-0.05, 0) is 44.4 Å². The van der Waals surface area contributed by atoms with Crippen LogP contribution in [0.5, 0.6) is 0 Å². The molecule has 0 aromatic heterocycles. The van der Waals surface area contributed by atoms with Gasteiger partial charge >= 0.3 is 17.9 Å². The van der Waals surface area contributed by atoms with Crippen molar-refractivity contribution in [2.24, 2.45) is 11.8 Å². The molecule has 7 nitrogen and oxygen atoms in total. The van der Waals surface area contributed by atoms with E-state index in [1.54, 1.807) is 0 Å². The summed E-state index contributed by atoms with van der Waals surface area (Å²) >= 11 is 0. The van der Waals surface area contributed by atoms with Gasteiger partial charge in [0.15, 0.2) is 0 Å². The highest BCUT2D eigenvalue weighted by atomic mass is 16.6. The lowest BCUT2D eigenvalue weighted by atomic mass is 9.89. The minimum atomic E-state index is -0.840. The van der Waals surface area contributed by atoms with Crippen LogP contribution in [-0.4, -0.2) is 48.9 Å². The predicted molar refractivity (Wildman–Crippen MR) is 83.2 cm³/mol. The van der Waals surface area contributed by atoms with E-state index < -0.39 is 17.9 Å². The molecule has 0 spiro atoms. The number of hydrogen-bond acceptors (Lipinski definition) is 7. The smallest absolute Gasteiger partial charge is 0.338 e. The van der Waals surface area contributed by atoms with Crippen LogP contribution in [0.3, 0.4) is 0 Å². The average molecular weight is 350 g/mol. The van der Waals surface area contributed by atoms with Gasteiger partial charge in [-0.15, -0.1) is 0 Å². The predicted octanol–water partition coefficient (Wildman–Crippen LogP) is 1.29. The van der Waals surface area contributed by atoms with Crippen molar-refractivity contribution in [3.05, 3.63) is 12.2 Å². The standard InChI is InChI=1S/C18H22O7/c19-16(22-9-10-1-3-12-14(7-10)23-12)5-6-17(20)25-18(21)11-2-4-13-15(8-11)24-13/h5-6,10-15H,1-4,7-9H2. The van der Waals surface area contributed by atoms with E-state index in [0.717, 1.165) is 37.8 Å². The molecule has 6 unspecified atom stereocenters. The van der Waals surface area contributed by atoms with Crippen LogP contribution in [0.4, 0.5) is 0 Å². The zero-order valence-corrected chi connectivity index (χ0v) is 13.9. The van der Waals surface area contributed by atoms with Gasteiger partial charge in [-0.2, -0.15) is 0 Å².